The topological polar surface area (TPSA) is 15.3 Å². The summed E-state index contributed by atoms with van der Waals surface area (Å²) in [7, 11) is 0. The Kier molecular flexibility index (Phi) is 6.62. The molecule has 0 bridgehead atoms. The highest BCUT2D eigenvalue weighted by atomic mass is 32.2. The molecule has 0 radical (unpaired) electrons. The first kappa shape index (κ1) is 19.6. The molecule has 0 saturated carbocycles. The Labute approximate surface area is 147 Å². The third kappa shape index (κ3) is 6.30. The van der Waals surface area contributed by atoms with Gasteiger partial charge in [0, 0.05) is 48.3 Å². The summed E-state index contributed by atoms with van der Waals surface area (Å²) >= 11 is 1.73. The molecule has 1 aromatic rings. The number of rotatable bonds is 5. The normalized spacial score (nSPS) is 18.6. The minimum absolute atomic E-state index is 0.0220. The smallest absolute Gasteiger partial charge is 0.314 e. The molecule has 0 aliphatic carbocycles. The SMILES string of the molecule is CC(C)(C)Sc1ccccc1[C@@H](CCC(F)(F)F)N1CCNCC1. The molecule has 1 aromatic carbocycles. The molecule has 0 spiro atoms. The van der Waals surface area contributed by atoms with Gasteiger partial charge in [0.25, 0.3) is 0 Å². The molecule has 24 heavy (non-hydrogen) atoms. The summed E-state index contributed by atoms with van der Waals surface area (Å²) in [5.41, 5.74) is 1.03. The number of hydrogen-bond donors (Lipinski definition) is 1. The highest BCUT2D eigenvalue weighted by Gasteiger charge is 2.32. The first-order valence-electron chi connectivity index (χ1n) is 8.45. The number of piperazine rings is 1. The second kappa shape index (κ2) is 8.11. The molecule has 1 aliphatic rings. The Bertz CT molecular complexity index is 520. The lowest BCUT2D eigenvalue weighted by atomic mass is 9.99. The van der Waals surface area contributed by atoms with Gasteiger partial charge in [0.15, 0.2) is 0 Å². The second-order valence-corrected chi connectivity index (χ2v) is 9.08. The number of nitrogens with zero attached hydrogens (tertiary/aromatic N) is 1. The van der Waals surface area contributed by atoms with Crippen LogP contribution in [0.5, 0.6) is 0 Å². The van der Waals surface area contributed by atoms with Gasteiger partial charge in [-0.05, 0) is 18.1 Å². The summed E-state index contributed by atoms with van der Waals surface area (Å²) in [5, 5.41) is 3.28. The predicted octanol–water partition coefficient (Wildman–Crippen LogP) is 4.87. The van der Waals surface area contributed by atoms with Crippen LogP contribution in [0.25, 0.3) is 0 Å². The number of nitrogens with one attached hydrogen (secondary N) is 1. The van der Waals surface area contributed by atoms with Crippen LogP contribution in [0.15, 0.2) is 29.2 Å². The zero-order valence-electron chi connectivity index (χ0n) is 14.6. The van der Waals surface area contributed by atoms with Crippen LogP contribution in [0.1, 0.15) is 45.2 Å². The molecule has 0 unspecified atom stereocenters. The van der Waals surface area contributed by atoms with Crippen LogP contribution < -0.4 is 5.32 Å². The molecule has 2 nitrogen and oxygen atoms in total. The minimum atomic E-state index is -4.11. The van der Waals surface area contributed by atoms with E-state index in [4.69, 9.17) is 0 Å². The van der Waals surface area contributed by atoms with E-state index in [0.717, 1.165) is 36.6 Å². The van der Waals surface area contributed by atoms with Crippen molar-refractivity contribution >= 4 is 11.8 Å². The van der Waals surface area contributed by atoms with E-state index in [-0.39, 0.29) is 17.2 Å². The average molecular weight is 360 g/mol. The predicted molar refractivity (Wildman–Crippen MR) is 94.5 cm³/mol. The summed E-state index contributed by atoms with van der Waals surface area (Å²) in [4.78, 5) is 3.29. The molecule has 1 aliphatic heterocycles. The van der Waals surface area contributed by atoms with E-state index >= 15 is 0 Å². The van der Waals surface area contributed by atoms with Crippen molar-refractivity contribution in [2.45, 2.75) is 55.5 Å². The number of halogens is 3. The lowest BCUT2D eigenvalue weighted by Crippen LogP contribution is -2.45. The first-order chi connectivity index (χ1) is 11.2. The maximum Gasteiger partial charge on any atom is 0.389 e. The van der Waals surface area contributed by atoms with Crippen molar-refractivity contribution in [3.8, 4) is 0 Å². The van der Waals surface area contributed by atoms with Crippen molar-refractivity contribution in [1.29, 1.82) is 0 Å². The van der Waals surface area contributed by atoms with Crippen LogP contribution in [0.3, 0.4) is 0 Å². The third-order valence-electron chi connectivity index (χ3n) is 3.99. The van der Waals surface area contributed by atoms with Crippen LogP contribution in [0, 0.1) is 0 Å². The van der Waals surface area contributed by atoms with E-state index in [9.17, 15) is 13.2 Å². The maximum absolute atomic E-state index is 12.8. The molecule has 136 valence electrons. The molecule has 1 N–H and O–H groups in total. The van der Waals surface area contributed by atoms with E-state index in [2.05, 4.69) is 31.0 Å². The minimum Gasteiger partial charge on any atom is -0.314 e. The van der Waals surface area contributed by atoms with Crippen LogP contribution in [0.2, 0.25) is 0 Å². The highest BCUT2D eigenvalue weighted by molar-refractivity contribution is 8.00. The Balaban J connectivity index is 2.28. The number of hydrogen-bond acceptors (Lipinski definition) is 3. The summed E-state index contributed by atoms with van der Waals surface area (Å²) in [6, 6.07) is 7.76. The van der Waals surface area contributed by atoms with Gasteiger partial charge in [0.2, 0.25) is 0 Å². The Morgan fingerprint density at radius 1 is 1.12 bits per heavy atom. The molecule has 6 heteroatoms. The fourth-order valence-corrected chi connectivity index (χ4v) is 4.14. The van der Waals surface area contributed by atoms with Crippen LogP contribution in [-0.2, 0) is 0 Å². The van der Waals surface area contributed by atoms with Gasteiger partial charge in [0.1, 0.15) is 0 Å². The quantitative estimate of drug-likeness (QED) is 0.755. The van der Waals surface area contributed by atoms with Crippen molar-refractivity contribution in [3.63, 3.8) is 0 Å². The van der Waals surface area contributed by atoms with Gasteiger partial charge in [-0.25, -0.2) is 0 Å². The lowest BCUT2D eigenvalue weighted by Gasteiger charge is -2.36. The van der Waals surface area contributed by atoms with Gasteiger partial charge in [-0.3, -0.25) is 4.90 Å². The van der Waals surface area contributed by atoms with Crippen molar-refractivity contribution < 1.29 is 13.2 Å². The summed E-state index contributed by atoms with van der Waals surface area (Å²) in [6.45, 7) is 9.63. The molecule has 1 atom stereocenters. The third-order valence-corrected chi connectivity index (χ3v) is 5.19. The van der Waals surface area contributed by atoms with Crippen molar-refractivity contribution in [2.75, 3.05) is 26.2 Å². The summed E-state index contributed by atoms with van der Waals surface area (Å²) in [5.74, 6) is 0. The van der Waals surface area contributed by atoms with Crippen LogP contribution >= 0.6 is 11.8 Å². The van der Waals surface area contributed by atoms with Gasteiger partial charge in [-0.1, -0.05) is 39.0 Å². The number of alkyl halides is 3. The van der Waals surface area contributed by atoms with E-state index in [0.29, 0.717) is 0 Å². The van der Waals surface area contributed by atoms with Gasteiger partial charge in [0.05, 0.1) is 0 Å². The maximum atomic E-state index is 12.8. The van der Waals surface area contributed by atoms with Crippen LogP contribution in [-0.4, -0.2) is 42.0 Å². The largest absolute Gasteiger partial charge is 0.389 e. The molecular weight excluding hydrogens is 333 g/mol. The second-order valence-electron chi connectivity index (χ2n) is 7.21. The Morgan fingerprint density at radius 3 is 2.33 bits per heavy atom. The van der Waals surface area contributed by atoms with Gasteiger partial charge < -0.3 is 5.32 Å². The summed E-state index contributed by atoms with van der Waals surface area (Å²) < 4.78 is 38.5. The molecule has 1 saturated heterocycles. The molecule has 0 amide bonds. The van der Waals surface area contributed by atoms with Gasteiger partial charge in [-0.2, -0.15) is 13.2 Å². The molecule has 2 rings (SSSR count). The van der Waals surface area contributed by atoms with Gasteiger partial charge >= 0.3 is 6.18 Å². The van der Waals surface area contributed by atoms with E-state index in [1.165, 1.54) is 0 Å². The van der Waals surface area contributed by atoms with E-state index < -0.39 is 12.6 Å². The monoisotopic (exact) mass is 360 g/mol. The Hall–Kier alpha value is -0.720. The molecular formula is C18H27F3N2S. The zero-order valence-corrected chi connectivity index (χ0v) is 15.4. The lowest BCUT2D eigenvalue weighted by molar-refractivity contribution is -0.138. The fraction of sp³-hybridized carbons (Fsp3) is 0.667. The average Bonchev–Trinajstić information content (AvgIpc) is 2.47. The standard InChI is InChI=1S/C18H27F3N2S/c1-17(2,3)24-16-7-5-4-6-14(16)15(8-9-18(19,20)21)23-12-10-22-11-13-23/h4-7,15,22H,8-13H2,1-3H3/t15-/m1/s1. The fourth-order valence-electron chi connectivity index (χ4n) is 3.01. The van der Waals surface area contributed by atoms with Crippen LogP contribution in [0.4, 0.5) is 13.2 Å². The number of benzene rings is 1. The highest BCUT2D eigenvalue weighted by Crippen LogP contribution is 2.40. The molecule has 1 heterocycles. The van der Waals surface area contributed by atoms with E-state index in [1.54, 1.807) is 11.8 Å². The zero-order chi connectivity index (χ0) is 17.8. The number of thioether (sulfide) groups is 1. The van der Waals surface area contributed by atoms with Crippen molar-refractivity contribution in [1.82, 2.24) is 10.2 Å². The first-order valence-corrected chi connectivity index (χ1v) is 9.27. The van der Waals surface area contributed by atoms with Crippen molar-refractivity contribution in [3.05, 3.63) is 29.8 Å². The Morgan fingerprint density at radius 2 is 1.75 bits per heavy atom. The van der Waals surface area contributed by atoms with Gasteiger partial charge in [-0.15, -0.1) is 11.8 Å². The van der Waals surface area contributed by atoms with Crippen molar-refractivity contribution in [2.24, 2.45) is 0 Å². The summed E-state index contributed by atoms with van der Waals surface area (Å²) in [6.07, 6.45) is -4.74. The van der Waals surface area contributed by atoms with E-state index in [1.807, 2.05) is 24.3 Å². The molecule has 1 fully saturated rings. The molecule has 0 aromatic heterocycles.